The fraction of sp³-hybridized carbons (Fsp3) is 0.143. The van der Waals surface area contributed by atoms with E-state index in [1.165, 1.54) is 11.1 Å². The first-order chi connectivity index (χ1) is 15.5. The van der Waals surface area contributed by atoms with Crippen molar-refractivity contribution in [1.82, 2.24) is 0 Å². The van der Waals surface area contributed by atoms with Gasteiger partial charge in [0.15, 0.2) is 0 Å². The Morgan fingerprint density at radius 2 is 1.16 bits per heavy atom. The standard InChI is InChI=1S/C28H28N2O2/c1-19(17-21-3-9-24(10-4-21)31-26-13-7-23(29)8-14-26)22-5-11-25(12-6-22)32-27-15-16-28(30)20(2)18-27/h3-16,18-19H,17,29-30H2,1-2H3. The van der Waals surface area contributed by atoms with Crippen molar-refractivity contribution in [3.05, 3.63) is 108 Å². The van der Waals surface area contributed by atoms with Crippen LogP contribution < -0.4 is 20.9 Å². The van der Waals surface area contributed by atoms with Crippen molar-refractivity contribution in [3.8, 4) is 23.0 Å². The van der Waals surface area contributed by atoms with Crippen LogP contribution in [0.15, 0.2) is 91.0 Å². The number of nitrogen functional groups attached to an aromatic ring is 2. The predicted octanol–water partition coefficient (Wildman–Crippen LogP) is 7.09. The van der Waals surface area contributed by atoms with E-state index in [1.807, 2.05) is 73.7 Å². The maximum Gasteiger partial charge on any atom is 0.127 e. The second-order valence-electron chi connectivity index (χ2n) is 8.11. The van der Waals surface area contributed by atoms with Crippen LogP contribution in [0.4, 0.5) is 11.4 Å². The lowest BCUT2D eigenvalue weighted by atomic mass is 9.94. The van der Waals surface area contributed by atoms with E-state index >= 15 is 0 Å². The van der Waals surface area contributed by atoms with Crippen molar-refractivity contribution < 1.29 is 9.47 Å². The Balaban J connectivity index is 1.35. The van der Waals surface area contributed by atoms with Gasteiger partial charge in [-0.3, -0.25) is 0 Å². The zero-order valence-electron chi connectivity index (χ0n) is 18.4. The Kier molecular flexibility index (Phi) is 6.31. The molecule has 4 N–H and O–H groups in total. The zero-order valence-corrected chi connectivity index (χ0v) is 18.4. The molecule has 1 unspecified atom stereocenters. The minimum absolute atomic E-state index is 0.381. The molecule has 4 rings (SSSR count). The molecule has 0 heterocycles. The third-order valence-corrected chi connectivity index (χ3v) is 5.51. The molecule has 0 bridgehead atoms. The van der Waals surface area contributed by atoms with E-state index in [0.29, 0.717) is 5.92 Å². The van der Waals surface area contributed by atoms with Crippen LogP contribution >= 0.6 is 0 Å². The SMILES string of the molecule is Cc1cc(Oc2ccc(C(C)Cc3ccc(Oc4ccc(N)cc4)cc3)cc2)ccc1N. The summed E-state index contributed by atoms with van der Waals surface area (Å²) in [5, 5.41) is 0. The summed E-state index contributed by atoms with van der Waals surface area (Å²) in [6.07, 6.45) is 0.944. The largest absolute Gasteiger partial charge is 0.457 e. The van der Waals surface area contributed by atoms with Crippen molar-refractivity contribution >= 4 is 11.4 Å². The van der Waals surface area contributed by atoms with Gasteiger partial charge in [0.2, 0.25) is 0 Å². The van der Waals surface area contributed by atoms with E-state index in [0.717, 1.165) is 46.4 Å². The summed E-state index contributed by atoms with van der Waals surface area (Å²) >= 11 is 0. The number of hydrogen-bond acceptors (Lipinski definition) is 4. The molecule has 0 aliphatic rings. The first-order valence-corrected chi connectivity index (χ1v) is 10.7. The summed E-state index contributed by atoms with van der Waals surface area (Å²) in [4.78, 5) is 0. The van der Waals surface area contributed by atoms with Gasteiger partial charge >= 0.3 is 0 Å². The molecule has 0 aromatic heterocycles. The average Bonchev–Trinajstić information content (AvgIpc) is 2.80. The summed E-state index contributed by atoms with van der Waals surface area (Å²) in [7, 11) is 0. The summed E-state index contributed by atoms with van der Waals surface area (Å²) in [6.45, 7) is 4.21. The molecule has 4 heteroatoms. The lowest BCUT2D eigenvalue weighted by molar-refractivity contribution is 0.481. The molecule has 0 amide bonds. The number of aryl methyl sites for hydroxylation is 1. The molecule has 1 atom stereocenters. The van der Waals surface area contributed by atoms with Gasteiger partial charge < -0.3 is 20.9 Å². The number of anilines is 2. The molecule has 0 aliphatic heterocycles. The van der Waals surface area contributed by atoms with Crippen molar-refractivity contribution in [2.45, 2.75) is 26.2 Å². The number of nitrogens with two attached hydrogens (primary N) is 2. The molecule has 4 aromatic carbocycles. The maximum absolute atomic E-state index is 5.96. The summed E-state index contributed by atoms with van der Waals surface area (Å²) in [5.74, 6) is 3.57. The van der Waals surface area contributed by atoms with Crippen molar-refractivity contribution in [2.75, 3.05) is 11.5 Å². The van der Waals surface area contributed by atoms with E-state index in [9.17, 15) is 0 Å². The topological polar surface area (TPSA) is 70.5 Å². The van der Waals surface area contributed by atoms with Crippen LogP contribution in [-0.2, 0) is 6.42 Å². The zero-order chi connectivity index (χ0) is 22.5. The van der Waals surface area contributed by atoms with Gasteiger partial charge in [-0.05, 0) is 103 Å². The highest BCUT2D eigenvalue weighted by Crippen LogP contribution is 2.28. The van der Waals surface area contributed by atoms with Crippen molar-refractivity contribution in [3.63, 3.8) is 0 Å². The van der Waals surface area contributed by atoms with E-state index in [4.69, 9.17) is 20.9 Å². The van der Waals surface area contributed by atoms with Crippen LogP contribution in [0.25, 0.3) is 0 Å². The molecule has 4 nitrogen and oxygen atoms in total. The van der Waals surface area contributed by atoms with Crippen molar-refractivity contribution in [1.29, 1.82) is 0 Å². The van der Waals surface area contributed by atoms with Gasteiger partial charge in [-0.25, -0.2) is 0 Å². The van der Waals surface area contributed by atoms with E-state index in [-0.39, 0.29) is 0 Å². The number of hydrogen-bond donors (Lipinski definition) is 2. The fourth-order valence-corrected chi connectivity index (χ4v) is 3.55. The molecule has 0 radical (unpaired) electrons. The Morgan fingerprint density at radius 1 is 0.656 bits per heavy atom. The number of benzene rings is 4. The van der Waals surface area contributed by atoms with Gasteiger partial charge in [-0.2, -0.15) is 0 Å². The molecule has 0 saturated heterocycles. The normalized spacial score (nSPS) is 11.7. The van der Waals surface area contributed by atoms with Crippen molar-refractivity contribution in [2.24, 2.45) is 0 Å². The lowest BCUT2D eigenvalue weighted by Crippen LogP contribution is -1.98. The third-order valence-electron chi connectivity index (χ3n) is 5.51. The lowest BCUT2D eigenvalue weighted by Gasteiger charge is -2.14. The van der Waals surface area contributed by atoms with E-state index in [1.54, 1.807) is 0 Å². The number of ether oxygens (including phenoxy) is 2. The summed E-state index contributed by atoms with van der Waals surface area (Å²) < 4.78 is 11.8. The van der Waals surface area contributed by atoms with Crippen LogP contribution in [0.3, 0.4) is 0 Å². The predicted molar refractivity (Wildman–Crippen MR) is 132 cm³/mol. The van der Waals surface area contributed by atoms with E-state index < -0.39 is 0 Å². The Morgan fingerprint density at radius 3 is 1.75 bits per heavy atom. The third kappa shape index (κ3) is 5.41. The first kappa shape index (κ1) is 21.3. The van der Waals surface area contributed by atoms with Crippen LogP contribution in [-0.4, -0.2) is 0 Å². The van der Waals surface area contributed by atoms with Gasteiger partial charge in [0.05, 0.1) is 0 Å². The van der Waals surface area contributed by atoms with Crippen LogP contribution in [0.5, 0.6) is 23.0 Å². The molecular weight excluding hydrogens is 396 g/mol. The Bertz CT molecular complexity index is 1170. The molecule has 32 heavy (non-hydrogen) atoms. The highest BCUT2D eigenvalue weighted by Gasteiger charge is 2.08. The highest BCUT2D eigenvalue weighted by atomic mass is 16.5. The van der Waals surface area contributed by atoms with E-state index in [2.05, 4.69) is 31.2 Å². The summed E-state index contributed by atoms with van der Waals surface area (Å²) in [5.41, 5.74) is 16.6. The van der Waals surface area contributed by atoms with Gasteiger partial charge in [-0.15, -0.1) is 0 Å². The molecular formula is C28H28N2O2. The highest BCUT2D eigenvalue weighted by molar-refractivity contribution is 5.50. The minimum atomic E-state index is 0.381. The fourth-order valence-electron chi connectivity index (χ4n) is 3.55. The smallest absolute Gasteiger partial charge is 0.127 e. The van der Waals surface area contributed by atoms with Crippen LogP contribution in [0.1, 0.15) is 29.5 Å². The minimum Gasteiger partial charge on any atom is -0.457 e. The molecule has 162 valence electrons. The summed E-state index contributed by atoms with van der Waals surface area (Å²) in [6, 6.07) is 29.6. The second-order valence-corrected chi connectivity index (χ2v) is 8.11. The van der Waals surface area contributed by atoms with Crippen LogP contribution in [0.2, 0.25) is 0 Å². The molecule has 0 spiro atoms. The Labute approximate surface area is 189 Å². The first-order valence-electron chi connectivity index (χ1n) is 10.7. The number of rotatable bonds is 7. The molecule has 0 fully saturated rings. The quantitative estimate of drug-likeness (QED) is 0.311. The van der Waals surface area contributed by atoms with Gasteiger partial charge in [0.1, 0.15) is 23.0 Å². The second kappa shape index (κ2) is 9.48. The van der Waals surface area contributed by atoms with Crippen LogP contribution in [0, 0.1) is 6.92 Å². The maximum atomic E-state index is 5.96. The molecule has 0 saturated carbocycles. The van der Waals surface area contributed by atoms with Gasteiger partial charge in [0.25, 0.3) is 0 Å². The van der Waals surface area contributed by atoms with Gasteiger partial charge in [-0.1, -0.05) is 31.2 Å². The molecule has 4 aromatic rings. The Hall–Kier alpha value is -3.92. The monoisotopic (exact) mass is 424 g/mol. The molecule has 0 aliphatic carbocycles. The van der Waals surface area contributed by atoms with Gasteiger partial charge in [0, 0.05) is 11.4 Å². The average molecular weight is 425 g/mol.